The van der Waals surface area contributed by atoms with E-state index in [2.05, 4.69) is 50.5 Å². The molecule has 9 heteroatoms. The molecule has 3 N–H and O–H groups in total. The van der Waals surface area contributed by atoms with Gasteiger partial charge in [-0.2, -0.15) is 0 Å². The van der Waals surface area contributed by atoms with Crippen LogP contribution < -0.4 is 26.6 Å². The van der Waals surface area contributed by atoms with Crippen LogP contribution >= 0.6 is 0 Å². The van der Waals surface area contributed by atoms with Gasteiger partial charge < -0.3 is 29.3 Å². The number of carbonyl (C=O) groups is 1. The molecule has 0 fully saturated rings. The van der Waals surface area contributed by atoms with E-state index in [9.17, 15) is 19.5 Å². The predicted octanol–water partition coefficient (Wildman–Crippen LogP) is 10.0. The highest BCUT2D eigenvalue weighted by Crippen LogP contribution is 2.41. The van der Waals surface area contributed by atoms with Crippen molar-refractivity contribution in [3.63, 3.8) is 0 Å². The molecule has 0 saturated carbocycles. The SMILES string of the molecule is CC1=CC(C)(C)Nc2ccc3c(c21)c(=O)oc1cc(O)ccc13.CC1=CC(C)(C)Nc2ccc3c(c21)c(=O)oc1cc(OC(=O)c2ccccc2)ccc13. The molecule has 0 bridgehead atoms. The standard InChI is InChI=1S/C26H21NO4.C19H17NO3/c1-15-14-26(2,3)27-20-12-11-19-18-10-9-17(30-24(28)16-7-5-4-6-8-16)13-21(18)31-25(29)23(19)22(15)20;1-10-9-19(2,3)20-14-7-6-13-12-5-4-11(21)8-15(12)23-18(22)17(13)16(10)14/h4-14,27H,1-3H3;4-9,20-21H,1-3H3. The lowest BCUT2D eigenvalue weighted by atomic mass is 9.88. The molecule has 54 heavy (non-hydrogen) atoms. The summed E-state index contributed by atoms with van der Waals surface area (Å²) in [6, 6.07) is 26.6. The van der Waals surface area contributed by atoms with Crippen LogP contribution in [0.1, 0.15) is 63.0 Å². The van der Waals surface area contributed by atoms with Crippen LogP contribution in [0, 0.1) is 0 Å². The van der Waals surface area contributed by atoms with Crippen molar-refractivity contribution in [2.24, 2.45) is 0 Å². The number of nitrogens with one attached hydrogen (secondary N) is 2. The van der Waals surface area contributed by atoms with Gasteiger partial charge in [0.2, 0.25) is 0 Å². The van der Waals surface area contributed by atoms with Crippen LogP contribution in [0.5, 0.6) is 11.5 Å². The Morgan fingerprint density at radius 2 is 1.11 bits per heavy atom. The monoisotopic (exact) mass is 718 g/mol. The van der Waals surface area contributed by atoms with Gasteiger partial charge in [0.15, 0.2) is 0 Å². The topological polar surface area (TPSA) is 131 Å². The third-order valence-electron chi connectivity index (χ3n) is 9.80. The number of phenols is 1. The fraction of sp³-hybridized carbons (Fsp3) is 0.178. The number of fused-ring (bicyclic) bond motifs is 10. The van der Waals surface area contributed by atoms with E-state index in [1.54, 1.807) is 48.5 Å². The molecule has 0 saturated heterocycles. The molecule has 4 heterocycles. The van der Waals surface area contributed by atoms with Crippen LogP contribution in [-0.2, 0) is 0 Å². The number of rotatable bonds is 2. The van der Waals surface area contributed by atoms with E-state index in [1.807, 2.05) is 50.2 Å². The van der Waals surface area contributed by atoms with Crippen molar-refractivity contribution < 1.29 is 23.5 Å². The minimum atomic E-state index is -0.466. The molecular weight excluding hydrogens is 681 g/mol. The fourth-order valence-corrected chi connectivity index (χ4v) is 7.83. The molecule has 2 aliphatic rings. The molecular formula is C45H38N2O7. The van der Waals surface area contributed by atoms with Crippen LogP contribution in [0.3, 0.4) is 0 Å². The van der Waals surface area contributed by atoms with Crippen LogP contribution in [0.2, 0.25) is 0 Å². The number of aromatic hydroxyl groups is 1. The zero-order chi connectivity index (χ0) is 38.1. The fourth-order valence-electron chi connectivity index (χ4n) is 7.83. The van der Waals surface area contributed by atoms with Gasteiger partial charge in [-0.15, -0.1) is 0 Å². The van der Waals surface area contributed by atoms with Crippen LogP contribution in [0.4, 0.5) is 11.4 Å². The number of phenolic OH excluding ortho intramolecular Hbond substituents is 1. The average Bonchev–Trinajstić information content (AvgIpc) is 3.10. The largest absolute Gasteiger partial charge is 0.508 e. The maximum atomic E-state index is 13.0. The van der Waals surface area contributed by atoms with Gasteiger partial charge in [0.25, 0.3) is 0 Å². The van der Waals surface area contributed by atoms with Crippen LogP contribution in [0.25, 0.3) is 54.6 Å². The number of hydrogen-bond acceptors (Lipinski definition) is 9. The Balaban J connectivity index is 0.000000160. The highest BCUT2D eigenvalue weighted by molar-refractivity contribution is 6.12. The second-order valence-electron chi connectivity index (χ2n) is 15.0. The maximum absolute atomic E-state index is 13.0. The lowest BCUT2D eigenvalue weighted by Crippen LogP contribution is -2.31. The van der Waals surface area contributed by atoms with Gasteiger partial charge in [0, 0.05) is 56.2 Å². The Morgan fingerprint density at radius 3 is 1.65 bits per heavy atom. The van der Waals surface area contributed by atoms with E-state index in [0.717, 1.165) is 55.2 Å². The van der Waals surface area contributed by atoms with Gasteiger partial charge in [0.05, 0.1) is 27.4 Å². The van der Waals surface area contributed by atoms with Crippen molar-refractivity contribution in [3.8, 4) is 11.5 Å². The van der Waals surface area contributed by atoms with Gasteiger partial charge in [-0.05, 0) is 101 Å². The number of hydrogen-bond donors (Lipinski definition) is 3. The lowest BCUT2D eigenvalue weighted by molar-refractivity contribution is 0.0735. The zero-order valence-corrected chi connectivity index (χ0v) is 30.7. The Kier molecular flexibility index (Phi) is 7.99. The van der Waals surface area contributed by atoms with Crippen molar-refractivity contribution in [1.29, 1.82) is 0 Å². The molecule has 9 nitrogen and oxygen atoms in total. The second kappa shape index (κ2) is 12.5. The molecule has 0 spiro atoms. The summed E-state index contributed by atoms with van der Waals surface area (Å²) in [5.74, 6) is -0.0645. The molecule has 0 radical (unpaired) electrons. The first-order chi connectivity index (χ1) is 25.7. The normalized spacial score (nSPS) is 15.2. The first-order valence-electron chi connectivity index (χ1n) is 17.7. The minimum absolute atomic E-state index is 0.0810. The van der Waals surface area contributed by atoms with Crippen LogP contribution in [0.15, 0.2) is 122 Å². The van der Waals surface area contributed by atoms with Crippen molar-refractivity contribution in [3.05, 3.63) is 141 Å². The number of allylic oxidation sites excluding steroid dienone is 2. The molecule has 5 aromatic carbocycles. The predicted molar refractivity (Wildman–Crippen MR) is 216 cm³/mol. The van der Waals surface area contributed by atoms with Crippen molar-refractivity contribution in [2.45, 2.75) is 52.6 Å². The molecule has 7 aromatic rings. The number of ether oxygens (including phenoxy) is 1. The van der Waals surface area contributed by atoms with Gasteiger partial charge in [0.1, 0.15) is 22.7 Å². The molecule has 2 aliphatic heterocycles. The molecule has 0 unspecified atom stereocenters. The molecule has 0 aliphatic carbocycles. The van der Waals surface area contributed by atoms with Gasteiger partial charge in [-0.1, -0.05) is 42.5 Å². The number of esters is 1. The zero-order valence-electron chi connectivity index (χ0n) is 30.7. The summed E-state index contributed by atoms with van der Waals surface area (Å²) in [6.07, 6.45) is 4.24. The molecule has 2 aromatic heterocycles. The second-order valence-corrected chi connectivity index (χ2v) is 15.0. The van der Waals surface area contributed by atoms with Crippen molar-refractivity contribution in [1.82, 2.24) is 0 Å². The Labute approximate surface area is 310 Å². The smallest absolute Gasteiger partial charge is 0.344 e. The Morgan fingerprint density at radius 1 is 0.630 bits per heavy atom. The lowest BCUT2D eigenvalue weighted by Gasteiger charge is -2.32. The maximum Gasteiger partial charge on any atom is 0.344 e. The summed E-state index contributed by atoms with van der Waals surface area (Å²) in [6.45, 7) is 12.4. The highest BCUT2D eigenvalue weighted by atomic mass is 16.5. The van der Waals surface area contributed by atoms with Gasteiger partial charge >= 0.3 is 17.2 Å². The van der Waals surface area contributed by atoms with E-state index in [-0.39, 0.29) is 22.5 Å². The Bertz CT molecular complexity index is 2900. The molecule has 9 rings (SSSR count). The summed E-state index contributed by atoms with van der Waals surface area (Å²) >= 11 is 0. The van der Waals surface area contributed by atoms with E-state index in [1.165, 1.54) is 6.07 Å². The van der Waals surface area contributed by atoms with Gasteiger partial charge in [-0.3, -0.25) is 0 Å². The summed E-state index contributed by atoms with van der Waals surface area (Å²) in [5, 5.41) is 20.9. The highest BCUT2D eigenvalue weighted by Gasteiger charge is 2.27. The molecule has 0 amide bonds. The summed E-state index contributed by atoms with van der Waals surface area (Å²) in [5.41, 5.74) is 5.77. The first-order valence-corrected chi connectivity index (χ1v) is 17.7. The first kappa shape index (κ1) is 34.5. The third kappa shape index (κ3) is 6.07. The third-order valence-corrected chi connectivity index (χ3v) is 9.80. The van der Waals surface area contributed by atoms with Crippen molar-refractivity contribution >= 4 is 72.0 Å². The van der Waals surface area contributed by atoms with E-state index < -0.39 is 11.6 Å². The quantitative estimate of drug-likeness (QED) is 0.0692. The summed E-state index contributed by atoms with van der Waals surface area (Å²) in [4.78, 5) is 37.9. The van der Waals surface area contributed by atoms with Crippen LogP contribution in [-0.4, -0.2) is 22.2 Å². The Hall–Kier alpha value is -6.61. The number of anilines is 2. The van der Waals surface area contributed by atoms with E-state index in [4.69, 9.17) is 13.6 Å². The minimum Gasteiger partial charge on any atom is -0.508 e. The van der Waals surface area contributed by atoms with Gasteiger partial charge in [-0.25, -0.2) is 14.4 Å². The summed E-state index contributed by atoms with van der Waals surface area (Å²) < 4.78 is 16.6. The number of benzene rings is 5. The molecule has 270 valence electrons. The average molecular weight is 719 g/mol. The molecule has 0 atom stereocenters. The van der Waals surface area contributed by atoms with E-state index >= 15 is 0 Å². The summed E-state index contributed by atoms with van der Waals surface area (Å²) in [7, 11) is 0. The van der Waals surface area contributed by atoms with E-state index in [0.29, 0.717) is 33.3 Å². The number of carbonyl (C=O) groups excluding carboxylic acids is 1. The van der Waals surface area contributed by atoms with Crippen molar-refractivity contribution in [2.75, 3.05) is 10.6 Å².